The molecule has 0 aliphatic carbocycles. The molecule has 0 radical (unpaired) electrons. The van der Waals surface area contributed by atoms with Crippen molar-refractivity contribution in [2.24, 2.45) is 0 Å². The number of aromatic amines is 1. The predicted molar refractivity (Wildman–Crippen MR) is 44.7 cm³/mol. The van der Waals surface area contributed by atoms with Crippen molar-refractivity contribution in [3.8, 4) is 11.5 Å². The average Bonchev–Trinajstić information content (AvgIpc) is 2.75. The highest BCUT2D eigenvalue weighted by Crippen LogP contribution is 2.17. The first kappa shape index (κ1) is 7.35. The lowest BCUT2D eigenvalue weighted by atomic mass is 10.4. The van der Waals surface area contributed by atoms with Crippen molar-refractivity contribution >= 4 is 11.3 Å². The van der Waals surface area contributed by atoms with Crippen molar-refractivity contribution in [3.05, 3.63) is 10.4 Å². The van der Waals surface area contributed by atoms with Gasteiger partial charge in [0.1, 0.15) is 5.69 Å². The number of hydrogen-bond donors (Lipinski definition) is 1. The van der Waals surface area contributed by atoms with Gasteiger partial charge in [-0.3, -0.25) is 0 Å². The van der Waals surface area contributed by atoms with E-state index in [0.29, 0.717) is 5.82 Å². The van der Waals surface area contributed by atoms with Crippen LogP contribution < -0.4 is 0 Å². The number of H-pyrrole nitrogens is 1. The second-order valence-electron chi connectivity index (χ2n) is 2.22. The van der Waals surface area contributed by atoms with Crippen molar-refractivity contribution < 1.29 is 0 Å². The van der Waals surface area contributed by atoms with Crippen LogP contribution >= 0.6 is 11.3 Å². The lowest BCUT2D eigenvalue weighted by Crippen LogP contribution is -1.82. The molecule has 0 amide bonds. The van der Waals surface area contributed by atoms with Gasteiger partial charge >= 0.3 is 0 Å². The Morgan fingerprint density at radius 2 is 2.50 bits per heavy atom. The number of tetrazole rings is 1. The van der Waals surface area contributed by atoms with Crippen LogP contribution in [0, 0.1) is 0 Å². The van der Waals surface area contributed by atoms with E-state index in [1.54, 1.807) is 11.3 Å². The molecule has 0 aromatic carbocycles. The van der Waals surface area contributed by atoms with Gasteiger partial charge in [0.05, 0.1) is 5.01 Å². The molecule has 1 N–H and O–H groups in total. The fourth-order valence-electron chi connectivity index (χ4n) is 0.846. The number of nitrogens with zero attached hydrogens (tertiary/aromatic N) is 4. The molecule has 2 rings (SSSR count). The maximum Gasteiger partial charge on any atom is 0.223 e. The molecule has 2 aromatic rings. The minimum atomic E-state index is 0.561. The highest BCUT2D eigenvalue weighted by atomic mass is 32.1. The Labute approximate surface area is 72.9 Å². The minimum Gasteiger partial charge on any atom is -0.238 e. The Hall–Kier alpha value is -1.30. The number of aryl methyl sites for hydroxylation is 1. The standard InChI is InChI=1S/C6H7N5S/c1-2-5-7-4(3-12-5)6-8-10-11-9-6/h3H,2H2,1H3,(H,8,9,10,11). The number of thiazole rings is 1. The number of hydrogen-bond acceptors (Lipinski definition) is 5. The molecule has 0 aliphatic heterocycles. The Balaban J connectivity index is 2.35. The van der Waals surface area contributed by atoms with Crippen molar-refractivity contribution in [1.29, 1.82) is 0 Å². The largest absolute Gasteiger partial charge is 0.238 e. The molecule has 12 heavy (non-hydrogen) atoms. The molecule has 5 nitrogen and oxygen atoms in total. The Morgan fingerprint density at radius 3 is 3.08 bits per heavy atom. The molecule has 0 saturated carbocycles. The SMILES string of the molecule is CCc1nc(-c2nn[nH]n2)cs1. The fraction of sp³-hybridized carbons (Fsp3) is 0.333. The lowest BCUT2D eigenvalue weighted by molar-refractivity contribution is 0.881. The summed E-state index contributed by atoms with van der Waals surface area (Å²) in [5.74, 6) is 0.561. The lowest BCUT2D eigenvalue weighted by Gasteiger charge is -1.83. The van der Waals surface area contributed by atoms with E-state index in [4.69, 9.17) is 0 Å². The summed E-state index contributed by atoms with van der Waals surface area (Å²) >= 11 is 1.61. The molecule has 0 atom stereocenters. The molecule has 2 aromatic heterocycles. The molecule has 0 bridgehead atoms. The Bertz CT molecular complexity index is 352. The molecule has 2 heterocycles. The summed E-state index contributed by atoms with van der Waals surface area (Å²) < 4.78 is 0. The third-order valence-electron chi connectivity index (χ3n) is 1.43. The topological polar surface area (TPSA) is 67.3 Å². The Morgan fingerprint density at radius 1 is 1.58 bits per heavy atom. The van der Waals surface area contributed by atoms with E-state index in [-0.39, 0.29) is 0 Å². The van der Waals surface area contributed by atoms with Crippen LogP contribution in [-0.4, -0.2) is 25.6 Å². The first-order valence-electron chi connectivity index (χ1n) is 3.58. The zero-order chi connectivity index (χ0) is 8.39. The van der Waals surface area contributed by atoms with Crippen molar-refractivity contribution in [2.75, 3.05) is 0 Å². The third-order valence-corrected chi connectivity index (χ3v) is 2.42. The van der Waals surface area contributed by atoms with E-state index in [1.165, 1.54) is 0 Å². The van der Waals surface area contributed by atoms with E-state index < -0.39 is 0 Å². The van der Waals surface area contributed by atoms with Crippen LogP contribution in [0.5, 0.6) is 0 Å². The second-order valence-corrected chi connectivity index (χ2v) is 3.16. The second kappa shape index (κ2) is 2.98. The Kier molecular flexibility index (Phi) is 1.83. The van der Waals surface area contributed by atoms with Crippen molar-refractivity contribution in [2.45, 2.75) is 13.3 Å². The summed E-state index contributed by atoms with van der Waals surface area (Å²) in [4.78, 5) is 4.30. The normalized spacial score (nSPS) is 10.4. The maximum atomic E-state index is 4.30. The van der Waals surface area contributed by atoms with E-state index in [1.807, 2.05) is 5.38 Å². The van der Waals surface area contributed by atoms with Crippen LogP contribution in [0.3, 0.4) is 0 Å². The number of aromatic nitrogens is 5. The van der Waals surface area contributed by atoms with Gasteiger partial charge in [-0.2, -0.15) is 5.21 Å². The molecule has 6 heteroatoms. The van der Waals surface area contributed by atoms with Gasteiger partial charge in [0.15, 0.2) is 0 Å². The summed E-state index contributed by atoms with van der Waals surface area (Å²) in [6.45, 7) is 2.07. The van der Waals surface area contributed by atoms with Gasteiger partial charge in [0, 0.05) is 5.38 Å². The summed E-state index contributed by atoms with van der Waals surface area (Å²) in [6.07, 6.45) is 0.947. The zero-order valence-corrected chi connectivity index (χ0v) is 7.30. The molecule has 0 unspecified atom stereocenters. The quantitative estimate of drug-likeness (QED) is 0.747. The van der Waals surface area contributed by atoms with E-state index >= 15 is 0 Å². The van der Waals surface area contributed by atoms with E-state index in [2.05, 4.69) is 32.5 Å². The van der Waals surface area contributed by atoms with Crippen LogP contribution in [0.2, 0.25) is 0 Å². The highest BCUT2D eigenvalue weighted by Gasteiger charge is 2.06. The molecule has 62 valence electrons. The number of rotatable bonds is 2. The third kappa shape index (κ3) is 1.20. The summed E-state index contributed by atoms with van der Waals surface area (Å²) in [6, 6.07) is 0. The van der Waals surface area contributed by atoms with Crippen LogP contribution in [0.15, 0.2) is 5.38 Å². The summed E-state index contributed by atoms with van der Waals surface area (Å²) in [7, 11) is 0. The van der Waals surface area contributed by atoms with Crippen LogP contribution in [0.1, 0.15) is 11.9 Å². The van der Waals surface area contributed by atoms with Gasteiger partial charge in [-0.05, 0) is 11.6 Å². The summed E-state index contributed by atoms with van der Waals surface area (Å²) in [5, 5.41) is 16.5. The average molecular weight is 181 g/mol. The number of nitrogens with one attached hydrogen (secondary N) is 1. The molecular formula is C6H7N5S. The molecule has 0 fully saturated rings. The predicted octanol–water partition coefficient (Wildman–Crippen LogP) is 0.886. The molecular weight excluding hydrogens is 174 g/mol. The van der Waals surface area contributed by atoms with E-state index in [9.17, 15) is 0 Å². The van der Waals surface area contributed by atoms with Crippen molar-refractivity contribution in [1.82, 2.24) is 25.6 Å². The monoisotopic (exact) mass is 181 g/mol. The first-order chi connectivity index (χ1) is 5.90. The van der Waals surface area contributed by atoms with Crippen LogP contribution in [-0.2, 0) is 6.42 Å². The highest BCUT2D eigenvalue weighted by molar-refractivity contribution is 7.09. The van der Waals surface area contributed by atoms with Gasteiger partial charge in [-0.15, -0.1) is 21.5 Å². The van der Waals surface area contributed by atoms with Crippen LogP contribution in [0.4, 0.5) is 0 Å². The van der Waals surface area contributed by atoms with Gasteiger partial charge in [-0.1, -0.05) is 6.92 Å². The van der Waals surface area contributed by atoms with Crippen molar-refractivity contribution in [3.63, 3.8) is 0 Å². The molecule has 0 spiro atoms. The van der Waals surface area contributed by atoms with Gasteiger partial charge in [0.2, 0.25) is 5.82 Å². The molecule has 0 saturated heterocycles. The minimum absolute atomic E-state index is 0.561. The van der Waals surface area contributed by atoms with Gasteiger partial charge in [0.25, 0.3) is 0 Å². The molecule has 0 aliphatic rings. The maximum absolute atomic E-state index is 4.30. The van der Waals surface area contributed by atoms with Crippen LogP contribution in [0.25, 0.3) is 11.5 Å². The van der Waals surface area contributed by atoms with E-state index in [0.717, 1.165) is 17.1 Å². The first-order valence-corrected chi connectivity index (χ1v) is 4.46. The smallest absolute Gasteiger partial charge is 0.223 e. The summed E-state index contributed by atoms with van der Waals surface area (Å²) in [5.41, 5.74) is 0.797. The van der Waals surface area contributed by atoms with Gasteiger partial charge in [-0.25, -0.2) is 4.98 Å². The van der Waals surface area contributed by atoms with Gasteiger partial charge < -0.3 is 0 Å². The zero-order valence-electron chi connectivity index (χ0n) is 6.48. The fourth-order valence-corrected chi connectivity index (χ4v) is 1.57.